The molecule has 0 aromatic heterocycles. The minimum absolute atomic E-state index is 0.0857. The standard InChI is InChI=1S/C15H18O3/c1-3-12-6-5-7-13(10-12)8-9-14(16)11-15(17)18-4-2/h3,5-7,10H,1,4,8-9,11H2,2H3. The van der Waals surface area contributed by atoms with Crippen LogP contribution in [0.25, 0.3) is 6.08 Å². The van der Waals surface area contributed by atoms with Crippen molar-refractivity contribution in [3.8, 4) is 0 Å². The molecule has 3 nitrogen and oxygen atoms in total. The maximum Gasteiger partial charge on any atom is 0.313 e. The average Bonchev–Trinajstić information content (AvgIpc) is 2.37. The van der Waals surface area contributed by atoms with Gasteiger partial charge in [0.15, 0.2) is 0 Å². The number of aryl methyl sites for hydroxylation is 1. The Bertz CT molecular complexity index is 435. The zero-order chi connectivity index (χ0) is 13.4. The number of esters is 1. The molecule has 18 heavy (non-hydrogen) atoms. The Morgan fingerprint density at radius 3 is 2.83 bits per heavy atom. The van der Waals surface area contributed by atoms with Gasteiger partial charge in [-0.2, -0.15) is 0 Å². The van der Waals surface area contributed by atoms with E-state index in [2.05, 4.69) is 6.58 Å². The summed E-state index contributed by atoms with van der Waals surface area (Å²) in [6, 6.07) is 7.84. The van der Waals surface area contributed by atoms with Gasteiger partial charge < -0.3 is 4.74 Å². The molecular weight excluding hydrogens is 228 g/mol. The van der Waals surface area contributed by atoms with Crippen LogP contribution in [0.2, 0.25) is 0 Å². The summed E-state index contributed by atoms with van der Waals surface area (Å²) in [4.78, 5) is 22.6. The zero-order valence-corrected chi connectivity index (χ0v) is 10.6. The highest BCUT2D eigenvalue weighted by atomic mass is 16.5. The predicted octanol–water partition coefficient (Wildman–Crippen LogP) is 2.78. The number of Topliss-reactive ketones (excluding diaryl/α,β-unsaturated/α-hetero) is 1. The predicted molar refractivity (Wildman–Crippen MR) is 71.1 cm³/mol. The van der Waals surface area contributed by atoms with E-state index in [4.69, 9.17) is 4.74 Å². The van der Waals surface area contributed by atoms with Crippen LogP contribution in [0.1, 0.15) is 30.9 Å². The fourth-order valence-electron chi connectivity index (χ4n) is 1.62. The van der Waals surface area contributed by atoms with Gasteiger partial charge in [0.25, 0.3) is 0 Å². The number of ether oxygens (including phenoxy) is 1. The second-order valence-corrected chi connectivity index (χ2v) is 3.97. The molecule has 1 aromatic rings. The molecule has 0 bridgehead atoms. The Morgan fingerprint density at radius 2 is 2.17 bits per heavy atom. The molecule has 0 saturated carbocycles. The summed E-state index contributed by atoms with van der Waals surface area (Å²) in [7, 11) is 0. The highest BCUT2D eigenvalue weighted by molar-refractivity contribution is 5.95. The third-order valence-electron chi connectivity index (χ3n) is 2.53. The van der Waals surface area contributed by atoms with Crippen LogP contribution >= 0.6 is 0 Å². The molecule has 0 atom stereocenters. The first kappa shape index (κ1) is 14.2. The molecule has 0 aliphatic rings. The van der Waals surface area contributed by atoms with Gasteiger partial charge in [0.1, 0.15) is 12.2 Å². The van der Waals surface area contributed by atoms with E-state index in [1.54, 1.807) is 13.0 Å². The van der Waals surface area contributed by atoms with Gasteiger partial charge >= 0.3 is 5.97 Å². The van der Waals surface area contributed by atoms with Gasteiger partial charge in [0, 0.05) is 6.42 Å². The molecule has 96 valence electrons. The number of ketones is 1. The van der Waals surface area contributed by atoms with Gasteiger partial charge in [-0.3, -0.25) is 9.59 Å². The molecule has 0 saturated heterocycles. The van der Waals surface area contributed by atoms with Crippen LogP contribution in [-0.2, 0) is 20.7 Å². The summed E-state index contributed by atoms with van der Waals surface area (Å²) in [6.07, 6.45) is 2.64. The van der Waals surface area contributed by atoms with E-state index >= 15 is 0 Å². The van der Waals surface area contributed by atoms with Crippen LogP contribution < -0.4 is 0 Å². The molecule has 0 aliphatic carbocycles. The molecule has 0 radical (unpaired) electrons. The first-order valence-corrected chi connectivity index (χ1v) is 6.04. The quantitative estimate of drug-likeness (QED) is 0.549. The Hall–Kier alpha value is -1.90. The van der Waals surface area contributed by atoms with E-state index in [1.165, 1.54) is 0 Å². The van der Waals surface area contributed by atoms with Crippen LogP contribution in [0.3, 0.4) is 0 Å². The molecule has 1 aromatic carbocycles. The Morgan fingerprint density at radius 1 is 1.39 bits per heavy atom. The maximum absolute atomic E-state index is 11.5. The van der Waals surface area contributed by atoms with Crippen molar-refractivity contribution in [3.63, 3.8) is 0 Å². The van der Waals surface area contributed by atoms with E-state index in [-0.39, 0.29) is 12.2 Å². The molecule has 0 aliphatic heterocycles. The van der Waals surface area contributed by atoms with E-state index in [1.807, 2.05) is 24.3 Å². The topological polar surface area (TPSA) is 43.4 Å². The SMILES string of the molecule is C=Cc1cccc(CCC(=O)CC(=O)OCC)c1. The third kappa shape index (κ3) is 4.95. The number of rotatable bonds is 7. The van der Waals surface area contributed by atoms with E-state index in [9.17, 15) is 9.59 Å². The van der Waals surface area contributed by atoms with Gasteiger partial charge in [0.05, 0.1) is 6.61 Å². The van der Waals surface area contributed by atoms with Gasteiger partial charge in [0.2, 0.25) is 0 Å². The lowest BCUT2D eigenvalue weighted by Gasteiger charge is -2.03. The Kier molecular flexibility index (Phi) is 5.85. The first-order valence-electron chi connectivity index (χ1n) is 6.04. The summed E-state index contributed by atoms with van der Waals surface area (Å²) in [6.45, 7) is 5.74. The summed E-state index contributed by atoms with van der Waals surface area (Å²) in [5, 5.41) is 0. The fraction of sp³-hybridized carbons (Fsp3) is 0.333. The van der Waals surface area contributed by atoms with Crippen molar-refractivity contribution in [2.24, 2.45) is 0 Å². The summed E-state index contributed by atoms with van der Waals surface area (Å²) >= 11 is 0. The molecule has 0 heterocycles. The van der Waals surface area contributed by atoms with Crippen molar-refractivity contribution in [1.29, 1.82) is 0 Å². The van der Waals surface area contributed by atoms with Crippen molar-refractivity contribution >= 4 is 17.8 Å². The van der Waals surface area contributed by atoms with Crippen LogP contribution in [0, 0.1) is 0 Å². The molecule has 0 N–H and O–H groups in total. The second-order valence-electron chi connectivity index (χ2n) is 3.97. The van der Waals surface area contributed by atoms with Crippen molar-refractivity contribution in [2.45, 2.75) is 26.2 Å². The lowest BCUT2D eigenvalue weighted by molar-refractivity contribution is -0.145. The number of hydrogen-bond acceptors (Lipinski definition) is 3. The van der Waals surface area contributed by atoms with Crippen LogP contribution in [0.4, 0.5) is 0 Å². The monoisotopic (exact) mass is 246 g/mol. The van der Waals surface area contributed by atoms with E-state index in [0.29, 0.717) is 19.4 Å². The van der Waals surface area contributed by atoms with Crippen molar-refractivity contribution in [3.05, 3.63) is 42.0 Å². The molecule has 3 heteroatoms. The first-order chi connectivity index (χ1) is 8.65. The molecule has 0 amide bonds. The zero-order valence-electron chi connectivity index (χ0n) is 10.6. The van der Waals surface area contributed by atoms with E-state index in [0.717, 1.165) is 11.1 Å². The maximum atomic E-state index is 11.5. The summed E-state index contributed by atoms with van der Waals surface area (Å²) < 4.78 is 4.73. The summed E-state index contributed by atoms with van der Waals surface area (Å²) in [5.74, 6) is -0.528. The minimum atomic E-state index is -0.442. The number of benzene rings is 1. The molecule has 0 unspecified atom stereocenters. The number of carbonyl (C=O) groups excluding carboxylic acids is 2. The lowest BCUT2D eigenvalue weighted by Crippen LogP contribution is -2.11. The molecule has 1 rings (SSSR count). The lowest BCUT2D eigenvalue weighted by atomic mass is 10.0. The smallest absolute Gasteiger partial charge is 0.313 e. The molecule has 0 fully saturated rings. The van der Waals surface area contributed by atoms with Gasteiger partial charge in [-0.1, -0.05) is 36.9 Å². The van der Waals surface area contributed by atoms with Crippen molar-refractivity contribution in [2.75, 3.05) is 6.61 Å². The number of hydrogen-bond donors (Lipinski definition) is 0. The average molecular weight is 246 g/mol. The largest absolute Gasteiger partial charge is 0.466 e. The van der Waals surface area contributed by atoms with Gasteiger partial charge in [-0.05, 0) is 24.5 Å². The Labute approximate surface area is 107 Å². The highest BCUT2D eigenvalue weighted by Gasteiger charge is 2.10. The fourth-order valence-corrected chi connectivity index (χ4v) is 1.62. The molecular formula is C15H18O3. The summed E-state index contributed by atoms with van der Waals surface area (Å²) in [5.41, 5.74) is 2.11. The van der Waals surface area contributed by atoms with Crippen LogP contribution in [0.5, 0.6) is 0 Å². The van der Waals surface area contributed by atoms with E-state index < -0.39 is 5.97 Å². The third-order valence-corrected chi connectivity index (χ3v) is 2.53. The van der Waals surface area contributed by atoms with Crippen LogP contribution in [0.15, 0.2) is 30.8 Å². The van der Waals surface area contributed by atoms with Crippen molar-refractivity contribution in [1.82, 2.24) is 0 Å². The van der Waals surface area contributed by atoms with Gasteiger partial charge in [-0.15, -0.1) is 0 Å². The van der Waals surface area contributed by atoms with Gasteiger partial charge in [-0.25, -0.2) is 0 Å². The number of carbonyl (C=O) groups is 2. The molecule has 0 spiro atoms. The normalized spacial score (nSPS) is 9.83. The van der Waals surface area contributed by atoms with Crippen molar-refractivity contribution < 1.29 is 14.3 Å². The Balaban J connectivity index is 2.42. The minimum Gasteiger partial charge on any atom is -0.466 e. The second kappa shape index (κ2) is 7.43. The highest BCUT2D eigenvalue weighted by Crippen LogP contribution is 2.09. The van der Waals surface area contributed by atoms with Crippen LogP contribution in [-0.4, -0.2) is 18.4 Å².